The van der Waals surface area contributed by atoms with Gasteiger partial charge in [0, 0.05) is 16.5 Å². The molecule has 0 spiro atoms. The maximum atomic E-state index is 12.0. The number of fused-ring (bicyclic) bond motifs is 2. The zero-order chi connectivity index (χ0) is 20.4. The van der Waals surface area contributed by atoms with Crippen LogP contribution in [0.5, 0.6) is 17.2 Å². The summed E-state index contributed by atoms with van der Waals surface area (Å²) >= 11 is 0. The lowest BCUT2D eigenvalue weighted by Gasteiger charge is -2.36. The Morgan fingerprint density at radius 3 is 2.43 bits per heavy atom. The summed E-state index contributed by atoms with van der Waals surface area (Å²) in [6.07, 6.45) is -2.31. The molecule has 2 aromatic carbocycles. The van der Waals surface area contributed by atoms with Crippen LogP contribution in [-0.4, -0.2) is 45.1 Å². The lowest BCUT2D eigenvalue weighted by Crippen LogP contribution is -2.33. The van der Waals surface area contributed by atoms with Gasteiger partial charge in [-0.15, -0.1) is 0 Å². The van der Waals surface area contributed by atoms with E-state index in [1.807, 2.05) is 25.1 Å². The molecule has 0 bridgehead atoms. The van der Waals surface area contributed by atoms with Crippen molar-refractivity contribution in [3.63, 3.8) is 0 Å². The Morgan fingerprint density at radius 2 is 1.82 bits per heavy atom. The number of rotatable bonds is 6. The summed E-state index contributed by atoms with van der Waals surface area (Å²) in [7, 11) is 4.70. The van der Waals surface area contributed by atoms with Crippen LogP contribution in [0.1, 0.15) is 43.6 Å². The van der Waals surface area contributed by atoms with Gasteiger partial charge < -0.3 is 28.8 Å². The van der Waals surface area contributed by atoms with Gasteiger partial charge in [0.25, 0.3) is 0 Å². The third-order valence-electron chi connectivity index (χ3n) is 5.01. The number of carbonyl (C=O) groups is 1. The van der Waals surface area contributed by atoms with Crippen LogP contribution in [0.25, 0.3) is 10.8 Å². The lowest BCUT2D eigenvalue weighted by molar-refractivity contribution is -0.154. The second kappa shape index (κ2) is 8.24. The van der Waals surface area contributed by atoms with Crippen molar-refractivity contribution in [3.05, 3.63) is 29.3 Å². The highest BCUT2D eigenvalue weighted by atomic mass is 16.5. The predicted molar refractivity (Wildman–Crippen MR) is 103 cm³/mol. The van der Waals surface area contributed by atoms with E-state index in [1.54, 1.807) is 28.3 Å². The number of hydrogen-bond donors (Lipinski definition) is 1. The fourth-order valence-corrected chi connectivity index (χ4v) is 3.91. The Balaban J connectivity index is 2.24. The molecule has 0 saturated heterocycles. The normalized spacial score (nSPS) is 21.1. The van der Waals surface area contributed by atoms with E-state index in [9.17, 15) is 9.90 Å². The van der Waals surface area contributed by atoms with Crippen LogP contribution in [0.3, 0.4) is 0 Å². The molecule has 1 N–H and O–H groups in total. The minimum atomic E-state index is -1.07. The van der Waals surface area contributed by atoms with Gasteiger partial charge in [-0.25, -0.2) is 0 Å². The molecule has 2 aromatic rings. The van der Waals surface area contributed by atoms with Crippen molar-refractivity contribution in [2.24, 2.45) is 0 Å². The van der Waals surface area contributed by atoms with Crippen molar-refractivity contribution in [2.75, 3.05) is 27.9 Å². The number of methoxy groups -OCH3 is 3. The lowest BCUT2D eigenvalue weighted by atomic mass is 9.86. The smallest absolute Gasteiger partial charge is 0.308 e. The fraction of sp³-hybridized carbons (Fsp3) is 0.476. The Kier molecular flexibility index (Phi) is 5.96. The Labute approximate surface area is 164 Å². The van der Waals surface area contributed by atoms with Gasteiger partial charge in [0.15, 0.2) is 0 Å². The fourth-order valence-electron chi connectivity index (χ4n) is 3.91. The molecule has 7 heteroatoms. The highest BCUT2D eigenvalue weighted by molar-refractivity contribution is 6.00. The summed E-state index contributed by atoms with van der Waals surface area (Å²) < 4.78 is 27.9. The average Bonchev–Trinajstić information content (AvgIpc) is 2.69. The molecule has 1 heterocycles. The van der Waals surface area contributed by atoms with Crippen LogP contribution in [0, 0.1) is 0 Å². The molecule has 0 aromatic heterocycles. The minimum absolute atomic E-state index is 0.0552. The van der Waals surface area contributed by atoms with E-state index in [-0.39, 0.29) is 13.0 Å². The minimum Gasteiger partial charge on any atom is -0.496 e. The van der Waals surface area contributed by atoms with Crippen molar-refractivity contribution >= 4 is 16.7 Å². The Bertz CT molecular complexity index is 877. The van der Waals surface area contributed by atoms with Crippen molar-refractivity contribution in [1.29, 1.82) is 0 Å². The van der Waals surface area contributed by atoms with E-state index in [4.69, 9.17) is 23.7 Å². The Hall–Kier alpha value is -2.51. The first kappa shape index (κ1) is 20.2. The van der Waals surface area contributed by atoms with Gasteiger partial charge in [0.05, 0.1) is 52.0 Å². The van der Waals surface area contributed by atoms with Crippen molar-refractivity contribution < 1.29 is 33.6 Å². The summed E-state index contributed by atoms with van der Waals surface area (Å²) in [6.45, 7) is 3.86. The molecule has 1 aliphatic heterocycles. The van der Waals surface area contributed by atoms with Crippen LogP contribution in [0.4, 0.5) is 0 Å². The molecule has 152 valence electrons. The van der Waals surface area contributed by atoms with Gasteiger partial charge in [0.1, 0.15) is 23.4 Å². The molecule has 0 aliphatic carbocycles. The maximum absolute atomic E-state index is 12.0. The van der Waals surface area contributed by atoms with Crippen molar-refractivity contribution in [3.8, 4) is 17.2 Å². The molecule has 0 saturated carbocycles. The number of hydrogen-bond acceptors (Lipinski definition) is 7. The van der Waals surface area contributed by atoms with Crippen molar-refractivity contribution in [1.82, 2.24) is 0 Å². The van der Waals surface area contributed by atoms with Crippen molar-refractivity contribution in [2.45, 2.75) is 38.6 Å². The summed E-state index contributed by atoms with van der Waals surface area (Å²) in [5.74, 6) is 1.28. The van der Waals surface area contributed by atoms with Crippen LogP contribution in [0.15, 0.2) is 18.2 Å². The van der Waals surface area contributed by atoms with Crippen LogP contribution in [0.2, 0.25) is 0 Å². The number of aliphatic hydroxyl groups is 1. The molecule has 28 heavy (non-hydrogen) atoms. The number of ether oxygens (including phenoxy) is 5. The SMILES string of the molecule is CCOC(=O)C[C@H]1O[C@@H](C)c2c(c(OC)c3cccc(OC)c3c2OC)[C@@H]1O. The molecular formula is C21H26O7. The average molecular weight is 390 g/mol. The van der Waals surface area contributed by atoms with Gasteiger partial charge in [-0.3, -0.25) is 4.79 Å². The third kappa shape index (κ3) is 3.25. The van der Waals surface area contributed by atoms with E-state index < -0.39 is 24.3 Å². The number of esters is 1. The van der Waals surface area contributed by atoms with Gasteiger partial charge in [0.2, 0.25) is 0 Å². The van der Waals surface area contributed by atoms with Crippen LogP contribution < -0.4 is 14.2 Å². The second-order valence-electron chi connectivity index (χ2n) is 6.55. The highest BCUT2D eigenvalue weighted by Gasteiger charge is 2.40. The Morgan fingerprint density at radius 1 is 1.11 bits per heavy atom. The molecule has 0 amide bonds. The molecule has 0 radical (unpaired) electrons. The first-order chi connectivity index (χ1) is 13.5. The topological polar surface area (TPSA) is 83.5 Å². The van der Waals surface area contributed by atoms with Gasteiger partial charge in [-0.2, -0.15) is 0 Å². The monoisotopic (exact) mass is 390 g/mol. The van der Waals surface area contributed by atoms with E-state index in [1.165, 1.54) is 0 Å². The molecule has 1 aliphatic rings. The van der Waals surface area contributed by atoms with E-state index >= 15 is 0 Å². The molecule has 0 unspecified atom stereocenters. The highest BCUT2D eigenvalue weighted by Crippen LogP contribution is 2.53. The summed E-state index contributed by atoms with van der Waals surface area (Å²) in [4.78, 5) is 12.0. The predicted octanol–water partition coefficient (Wildman–Crippen LogP) is 3.31. The van der Waals surface area contributed by atoms with Crippen LogP contribution in [-0.2, 0) is 14.3 Å². The quantitative estimate of drug-likeness (QED) is 0.758. The van der Waals surface area contributed by atoms with Gasteiger partial charge in [-0.05, 0) is 19.9 Å². The van der Waals surface area contributed by atoms with E-state index in [0.29, 0.717) is 28.4 Å². The zero-order valence-corrected chi connectivity index (χ0v) is 16.8. The summed E-state index contributed by atoms with van der Waals surface area (Å²) in [5, 5.41) is 12.6. The summed E-state index contributed by atoms with van der Waals surface area (Å²) in [6, 6.07) is 5.57. The number of benzene rings is 2. The molecule has 3 atom stereocenters. The molecule has 3 rings (SSSR count). The first-order valence-corrected chi connectivity index (χ1v) is 9.21. The third-order valence-corrected chi connectivity index (χ3v) is 5.01. The molecule has 7 nitrogen and oxygen atoms in total. The largest absolute Gasteiger partial charge is 0.496 e. The number of carbonyl (C=O) groups excluding carboxylic acids is 1. The standard InChI is InChI=1S/C21H26O7/c1-6-27-15(22)10-14-19(23)18-16(11(2)28-14)21(26-5)17-12(20(18)25-4)8-7-9-13(17)24-3/h7-9,11,14,19,23H,6,10H2,1-5H3/t11-,14+,19+/m0/s1. The second-order valence-corrected chi connectivity index (χ2v) is 6.55. The first-order valence-electron chi connectivity index (χ1n) is 9.21. The van der Waals surface area contributed by atoms with E-state index in [0.717, 1.165) is 10.8 Å². The maximum Gasteiger partial charge on any atom is 0.308 e. The number of aliphatic hydroxyl groups excluding tert-OH is 1. The van der Waals surface area contributed by atoms with Gasteiger partial charge in [-0.1, -0.05) is 12.1 Å². The van der Waals surface area contributed by atoms with Crippen LogP contribution >= 0.6 is 0 Å². The molecular weight excluding hydrogens is 364 g/mol. The zero-order valence-electron chi connectivity index (χ0n) is 16.8. The van der Waals surface area contributed by atoms with E-state index in [2.05, 4.69) is 0 Å². The summed E-state index contributed by atoms with van der Waals surface area (Å²) in [5.41, 5.74) is 1.25. The molecule has 0 fully saturated rings. The van der Waals surface area contributed by atoms with Gasteiger partial charge >= 0.3 is 5.97 Å².